The summed E-state index contributed by atoms with van der Waals surface area (Å²) < 4.78 is 4.60. The maximum atomic E-state index is 12.8. The van der Waals surface area contributed by atoms with Gasteiger partial charge in [0.2, 0.25) is 5.95 Å². The summed E-state index contributed by atoms with van der Waals surface area (Å²) >= 11 is 0. The van der Waals surface area contributed by atoms with Gasteiger partial charge in [-0.15, -0.1) is 0 Å². The monoisotopic (exact) mass is 350 g/mol. The topological polar surface area (TPSA) is 77.1 Å². The molecule has 0 unspecified atom stereocenters. The third-order valence-electron chi connectivity index (χ3n) is 4.85. The van der Waals surface area contributed by atoms with Crippen LogP contribution in [0.25, 0.3) is 11.2 Å². The molecule has 1 saturated heterocycles. The molecule has 2 aromatic heterocycles. The number of aryl methyl sites for hydroxylation is 1. The third kappa shape index (κ3) is 2.99. The largest absolute Gasteiger partial charge is 0.332 e. The summed E-state index contributed by atoms with van der Waals surface area (Å²) in [4.78, 5) is 31.8. The van der Waals surface area contributed by atoms with Gasteiger partial charge >= 0.3 is 5.69 Å². The smallest absolute Gasteiger partial charge is 0.328 e. The molecule has 0 bridgehead atoms. The van der Waals surface area contributed by atoms with Crippen LogP contribution < -0.4 is 21.5 Å². The molecule has 3 rings (SSSR count). The van der Waals surface area contributed by atoms with E-state index in [1.807, 2.05) is 18.4 Å². The molecule has 0 aromatic carbocycles. The van der Waals surface area contributed by atoms with Crippen molar-refractivity contribution in [2.45, 2.75) is 46.6 Å². The van der Waals surface area contributed by atoms with Crippen molar-refractivity contribution in [1.29, 1.82) is 0 Å². The van der Waals surface area contributed by atoms with E-state index in [9.17, 15) is 9.59 Å². The summed E-state index contributed by atoms with van der Waals surface area (Å²) in [5.74, 6) is 0.746. The molecule has 0 spiro atoms. The molecule has 1 fully saturated rings. The Bertz CT molecular complexity index is 868. The van der Waals surface area contributed by atoms with E-state index in [4.69, 9.17) is 0 Å². The van der Waals surface area contributed by atoms with Crippen LogP contribution in [0, 0.1) is 0 Å². The van der Waals surface area contributed by atoms with Crippen LogP contribution in [0.4, 0.5) is 5.95 Å². The van der Waals surface area contributed by atoms with E-state index in [1.165, 1.54) is 11.6 Å². The summed E-state index contributed by atoms with van der Waals surface area (Å²) in [6.07, 6.45) is 0.846. The van der Waals surface area contributed by atoms with Crippen LogP contribution in [0.3, 0.4) is 0 Å². The van der Waals surface area contributed by atoms with Gasteiger partial charge in [-0.05, 0) is 20.3 Å². The highest BCUT2D eigenvalue weighted by atomic mass is 16.2. The van der Waals surface area contributed by atoms with Gasteiger partial charge in [0.15, 0.2) is 11.2 Å². The maximum Gasteiger partial charge on any atom is 0.332 e. The highest BCUT2D eigenvalue weighted by Crippen LogP contribution is 2.30. The Hall–Kier alpha value is -2.09. The van der Waals surface area contributed by atoms with Gasteiger partial charge in [-0.25, -0.2) is 4.79 Å². The first-order valence-corrected chi connectivity index (χ1v) is 8.94. The molecule has 1 N–H and O–H groups in total. The lowest BCUT2D eigenvalue weighted by Gasteiger charge is -2.30. The second-order valence-corrected chi connectivity index (χ2v) is 6.71. The van der Waals surface area contributed by atoms with Gasteiger partial charge in [0.25, 0.3) is 5.56 Å². The van der Waals surface area contributed by atoms with Crippen LogP contribution >= 0.6 is 0 Å². The van der Waals surface area contributed by atoms with Crippen molar-refractivity contribution in [3.8, 4) is 0 Å². The number of hydrogen-bond donors (Lipinski definition) is 1. The molecule has 1 aliphatic heterocycles. The molecule has 2 aromatic rings. The lowest BCUT2D eigenvalue weighted by atomic mass is 10.0. The molecule has 0 amide bonds. The van der Waals surface area contributed by atoms with E-state index in [1.54, 1.807) is 7.05 Å². The van der Waals surface area contributed by atoms with Crippen LogP contribution in [0.15, 0.2) is 9.59 Å². The number of fused-ring (bicyclic) bond motifs is 1. The van der Waals surface area contributed by atoms with E-state index in [-0.39, 0.29) is 16.8 Å². The minimum absolute atomic E-state index is 0.282. The fourth-order valence-electron chi connectivity index (χ4n) is 3.01. The van der Waals surface area contributed by atoms with Crippen molar-refractivity contribution in [3.63, 3.8) is 0 Å². The zero-order valence-corrected chi connectivity index (χ0v) is 16.4. The first kappa shape index (κ1) is 19.2. The molecule has 1 aliphatic rings. The summed E-state index contributed by atoms with van der Waals surface area (Å²) in [5, 5.41) is 3.28. The molecular weight excluding hydrogens is 320 g/mol. The number of aromatic nitrogens is 4. The molecule has 0 aliphatic carbocycles. The molecule has 140 valence electrons. The summed E-state index contributed by atoms with van der Waals surface area (Å²) in [6, 6.07) is 0. The minimum atomic E-state index is -0.354. The highest BCUT2D eigenvalue weighted by Gasteiger charge is 2.31. The van der Waals surface area contributed by atoms with Gasteiger partial charge in [0, 0.05) is 32.7 Å². The number of rotatable bonds is 3. The molecular formula is C17H30N6O2. The molecule has 0 atom stereocenters. The Morgan fingerprint density at radius 1 is 1.16 bits per heavy atom. The van der Waals surface area contributed by atoms with Gasteiger partial charge < -0.3 is 4.90 Å². The first-order chi connectivity index (χ1) is 11.8. The van der Waals surface area contributed by atoms with Gasteiger partial charge in [-0.2, -0.15) is 4.98 Å². The van der Waals surface area contributed by atoms with Crippen molar-refractivity contribution >= 4 is 17.1 Å². The molecule has 0 saturated carbocycles. The number of imidazole rings is 1. The summed E-state index contributed by atoms with van der Waals surface area (Å²) in [6.45, 7) is 12.7. The Labute approximate surface area is 148 Å². The average molecular weight is 350 g/mol. The van der Waals surface area contributed by atoms with Crippen molar-refractivity contribution in [2.75, 3.05) is 24.7 Å². The Morgan fingerprint density at radius 3 is 2.32 bits per heavy atom. The lowest BCUT2D eigenvalue weighted by molar-refractivity contribution is 0.352. The highest BCUT2D eigenvalue weighted by molar-refractivity contribution is 5.75. The number of hydrogen-bond acceptors (Lipinski definition) is 5. The summed E-state index contributed by atoms with van der Waals surface area (Å²) in [5.41, 5.74) is 0.00363. The van der Waals surface area contributed by atoms with Crippen molar-refractivity contribution < 1.29 is 0 Å². The van der Waals surface area contributed by atoms with Crippen LogP contribution in [0.5, 0.6) is 0 Å². The van der Waals surface area contributed by atoms with Gasteiger partial charge in [-0.3, -0.25) is 23.8 Å². The molecule has 3 heterocycles. The fourth-order valence-corrected chi connectivity index (χ4v) is 3.01. The zero-order valence-electron chi connectivity index (χ0n) is 16.4. The van der Waals surface area contributed by atoms with Crippen molar-refractivity contribution in [3.05, 3.63) is 20.8 Å². The minimum Gasteiger partial charge on any atom is -0.328 e. The zero-order chi connectivity index (χ0) is 18.9. The molecule has 8 heteroatoms. The second-order valence-electron chi connectivity index (χ2n) is 6.71. The predicted octanol–water partition coefficient (Wildman–Crippen LogP) is 0.972. The number of nitrogens with zero attached hydrogens (tertiary/aromatic N) is 5. The van der Waals surface area contributed by atoms with E-state index in [0.717, 1.165) is 30.0 Å². The van der Waals surface area contributed by atoms with Crippen LogP contribution in [0.1, 0.15) is 41.0 Å². The van der Waals surface area contributed by atoms with E-state index in [0.29, 0.717) is 17.8 Å². The summed E-state index contributed by atoms with van der Waals surface area (Å²) in [7, 11) is 3.17. The lowest BCUT2D eigenvalue weighted by Crippen LogP contribution is -2.39. The van der Waals surface area contributed by atoms with Crippen molar-refractivity contribution in [1.82, 2.24) is 24.0 Å². The second kappa shape index (κ2) is 7.03. The third-order valence-corrected chi connectivity index (χ3v) is 4.85. The van der Waals surface area contributed by atoms with E-state index in [2.05, 4.69) is 36.0 Å². The van der Waals surface area contributed by atoms with Gasteiger partial charge in [-0.1, -0.05) is 20.8 Å². The van der Waals surface area contributed by atoms with Crippen LogP contribution in [-0.4, -0.2) is 38.4 Å². The molecule has 25 heavy (non-hydrogen) atoms. The van der Waals surface area contributed by atoms with Gasteiger partial charge in [0.1, 0.15) is 0 Å². The number of nitrogens with one attached hydrogen (secondary N) is 1. The number of anilines is 1. The SMILES string of the molecule is CC.CCC(C)(C)n1c(N2CCNC2)nc2c1c(=O)n(C)c(=O)n2C. The van der Waals surface area contributed by atoms with Crippen LogP contribution in [0.2, 0.25) is 0 Å². The molecule has 0 radical (unpaired) electrons. The van der Waals surface area contributed by atoms with Gasteiger partial charge in [0.05, 0.1) is 6.67 Å². The standard InChI is InChI=1S/C15H24N6O2.C2H6/c1-6-15(2,3)21-10-11(17-13(21)20-8-7-16-9-20)18(4)14(23)19(5)12(10)22;1-2/h16H,6-9H2,1-5H3;1-2H3. The Kier molecular flexibility index (Phi) is 5.41. The Morgan fingerprint density at radius 2 is 1.80 bits per heavy atom. The van der Waals surface area contributed by atoms with E-state index < -0.39 is 0 Å². The normalized spacial score (nSPS) is 14.8. The predicted molar refractivity (Wildman–Crippen MR) is 101 cm³/mol. The fraction of sp³-hybridized carbons (Fsp3) is 0.706. The maximum absolute atomic E-state index is 12.8. The average Bonchev–Trinajstić information content (AvgIpc) is 3.27. The van der Waals surface area contributed by atoms with E-state index >= 15 is 0 Å². The quantitative estimate of drug-likeness (QED) is 0.893. The first-order valence-electron chi connectivity index (χ1n) is 8.94. The van der Waals surface area contributed by atoms with Crippen molar-refractivity contribution in [2.24, 2.45) is 14.1 Å². The molecule has 8 nitrogen and oxygen atoms in total. The van der Waals surface area contributed by atoms with Crippen LogP contribution in [-0.2, 0) is 19.6 Å². The Balaban J connectivity index is 0.00000109.